The van der Waals surface area contributed by atoms with Gasteiger partial charge in [-0.25, -0.2) is 0 Å². The Morgan fingerprint density at radius 1 is 1.11 bits per heavy atom. The number of amides is 4. The molecule has 246 valence electrons. The number of hydrogen-bond donors (Lipinski definition) is 3. The Bertz CT molecular complexity index is 1580. The van der Waals surface area contributed by atoms with Gasteiger partial charge in [-0.15, -0.1) is 11.3 Å². The van der Waals surface area contributed by atoms with Crippen LogP contribution in [-0.4, -0.2) is 92.4 Å². The number of halogens is 2. The van der Waals surface area contributed by atoms with Gasteiger partial charge in [0.1, 0.15) is 12.1 Å². The Hall–Kier alpha value is -2.93. The topological polar surface area (TPSA) is 148 Å². The van der Waals surface area contributed by atoms with Crippen LogP contribution in [-0.2, 0) is 24.6 Å². The molecule has 3 fully saturated rings. The van der Waals surface area contributed by atoms with E-state index in [0.717, 1.165) is 29.9 Å². The number of thiophene rings is 1. The van der Waals surface area contributed by atoms with Crippen molar-refractivity contribution in [1.82, 2.24) is 20.0 Å². The van der Waals surface area contributed by atoms with Gasteiger partial charge in [-0.3, -0.25) is 23.7 Å². The number of hydrogen-bond acceptors (Lipinski definition) is 6. The summed E-state index contributed by atoms with van der Waals surface area (Å²) in [7, 11) is -5.78. The molecule has 4 heterocycles. The number of nitrogens with zero attached hydrogens (tertiary/aromatic N) is 3. The molecular weight excluding hydrogens is 629 g/mol. The number of alkyl halides is 2. The molecule has 1 unspecified atom stereocenters. The van der Waals surface area contributed by atoms with Crippen LogP contribution < -0.4 is 5.32 Å². The van der Waals surface area contributed by atoms with Gasteiger partial charge in [0.2, 0.25) is 17.7 Å². The monoisotopic (exact) mass is 668 g/mol. The predicted octanol–water partition coefficient (Wildman–Crippen LogP) is 3.73. The van der Waals surface area contributed by atoms with Crippen LogP contribution >= 0.6 is 18.9 Å². The highest BCUT2D eigenvalue weighted by Gasteiger charge is 2.51. The molecule has 3 aliphatic rings. The fourth-order valence-corrected chi connectivity index (χ4v) is 8.03. The molecule has 3 saturated heterocycles. The minimum atomic E-state index is -5.78. The molecule has 4 amide bonds. The van der Waals surface area contributed by atoms with Gasteiger partial charge in [-0.05, 0) is 60.6 Å². The van der Waals surface area contributed by atoms with Gasteiger partial charge in [0.05, 0.1) is 4.88 Å². The van der Waals surface area contributed by atoms with Crippen molar-refractivity contribution in [3.63, 3.8) is 0 Å². The minimum Gasteiger partial charge on any atom is -0.340 e. The maximum Gasteiger partial charge on any atom is 0.399 e. The summed E-state index contributed by atoms with van der Waals surface area (Å²) in [6.45, 7) is 9.32. The van der Waals surface area contributed by atoms with Crippen molar-refractivity contribution in [3.8, 4) is 0 Å². The van der Waals surface area contributed by atoms with Gasteiger partial charge in [0.15, 0.2) is 0 Å². The Kier molecular flexibility index (Phi) is 8.93. The van der Waals surface area contributed by atoms with Crippen molar-refractivity contribution in [2.24, 2.45) is 11.3 Å². The maximum atomic E-state index is 14.3. The lowest BCUT2D eigenvalue weighted by atomic mass is 9.78. The predicted molar refractivity (Wildman–Crippen MR) is 164 cm³/mol. The normalized spacial score (nSPS) is 26.3. The molecule has 2 aromatic rings. The number of carbonyl (C=O) groups excluding carboxylic acids is 4. The summed E-state index contributed by atoms with van der Waals surface area (Å²) in [4.78, 5) is 77.1. The third-order valence-corrected chi connectivity index (χ3v) is 12.0. The van der Waals surface area contributed by atoms with Crippen LogP contribution in [0, 0.1) is 11.3 Å². The fourth-order valence-electron chi connectivity index (χ4n) is 6.60. The number of carbonyl (C=O) groups is 4. The van der Waals surface area contributed by atoms with Crippen molar-refractivity contribution in [2.45, 2.75) is 77.2 Å². The van der Waals surface area contributed by atoms with E-state index in [1.807, 2.05) is 4.90 Å². The molecule has 45 heavy (non-hydrogen) atoms. The van der Waals surface area contributed by atoms with E-state index in [0.29, 0.717) is 49.5 Å². The Morgan fingerprint density at radius 2 is 1.82 bits per heavy atom. The summed E-state index contributed by atoms with van der Waals surface area (Å²) in [5.41, 5.74) is -5.30. The lowest BCUT2D eigenvalue weighted by molar-refractivity contribution is -0.148. The number of nitrogens with one attached hydrogen (secondary N) is 1. The molecule has 4 atom stereocenters. The highest BCUT2D eigenvalue weighted by molar-refractivity contribution is 7.52. The molecule has 3 N–H and O–H groups in total. The van der Waals surface area contributed by atoms with Crippen molar-refractivity contribution in [2.75, 3.05) is 26.2 Å². The van der Waals surface area contributed by atoms with Gasteiger partial charge < -0.3 is 29.8 Å². The molecule has 3 aliphatic heterocycles. The lowest BCUT2D eigenvalue weighted by Crippen LogP contribution is -2.61. The molecule has 0 bridgehead atoms. The highest BCUT2D eigenvalue weighted by Crippen LogP contribution is 2.59. The molecule has 11 nitrogen and oxygen atoms in total. The SMILES string of the molecule is CC(=O)N1CC[C@H]2CC[C@@H](C(=O)N3CCC(C)(C(C)C)C3)N2C(=O)[C@@H](NC(=O)c2cc3cc(C(F)(F)P(=O)(O)O)ccc3s2)C1. The first kappa shape index (κ1) is 33.4. The molecule has 5 rings (SSSR count). The second-order valence-corrected chi connectivity index (χ2v) is 15.8. The zero-order valence-corrected chi connectivity index (χ0v) is 27.4. The first-order chi connectivity index (χ1) is 20.9. The standard InChI is InChI=1S/C30H39F2N4O7PS/c1-17(2)29(4)10-12-35(16-29)28(40)23-7-6-21-9-11-34(18(3)37)15-22(27(39)36(21)23)33-26(38)25-14-19-13-20(5-8-24(19)45-25)30(31,32)44(41,42)43/h5,8,13-14,17,21-23H,6-7,9-12,15-16H2,1-4H3,(H,33,38)(H2,41,42,43)/t21-,22+,23+,29?/m1/s1. The van der Waals surface area contributed by atoms with E-state index in [2.05, 4.69) is 26.1 Å². The summed E-state index contributed by atoms with van der Waals surface area (Å²) in [5.74, 6) is -1.10. The van der Waals surface area contributed by atoms with Crippen LogP contribution in [0.25, 0.3) is 10.1 Å². The van der Waals surface area contributed by atoms with Gasteiger partial charge in [0.25, 0.3) is 5.91 Å². The second kappa shape index (κ2) is 12.0. The van der Waals surface area contributed by atoms with Gasteiger partial charge in [-0.1, -0.05) is 26.8 Å². The van der Waals surface area contributed by atoms with Crippen molar-refractivity contribution in [1.29, 1.82) is 0 Å². The van der Waals surface area contributed by atoms with E-state index in [9.17, 15) is 32.5 Å². The van der Waals surface area contributed by atoms with E-state index in [-0.39, 0.29) is 40.1 Å². The number of benzene rings is 1. The Labute approximate surface area is 264 Å². The largest absolute Gasteiger partial charge is 0.399 e. The zero-order chi connectivity index (χ0) is 33.1. The fraction of sp³-hybridized carbons (Fsp3) is 0.600. The summed E-state index contributed by atoms with van der Waals surface area (Å²) in [6.07, 6.45) is 2.47. The summed E-state index contributed by atoms with van der Waals surface area (Å²) < 4.78 is 40.4. The zero-order valence-electron chi connectivity index (χ0n) is 25.7. The summed E-state index contributed by atoms with van der Waals surface area (Å²) in [5, 5.41) is 2.90. The first-order valence-electron chi connectivity index (χ1n) is 15.1. The molecule has 0 aliphatic carbocycles. The van der Waals surface area contributed by atoms with Crippen molar-refractivity contribution >= 4 is 52.6 Å². The molecule has 0 spiro atoms. The van der Waals surface area contributed by atoms with E-state index in [1.165, 1.54) is 24.0 Å². The molecule has 1 aromatic carbocycles. The average molecular weight is 669 g/mol. The minimum absolute atomic E-state index is 0.0107. The van der Waals surface area contributed by atoms with E-state index >= 15 is 0 Å². The van der Waals surface area contributed by atoms with E-state index < -0.39 is 42.7 Å². The van der Waals surface area contributed by atoms with Crippen LogP contribution in [0.5, 0.6) is 0 Å². The first-order valence-corrected chi connectivity index (χ1v) is 17.5. The molecule has 1 aromatic heterocycles. The van der Waals surface area contributed by atoms with Crippen LogP contribution in [0.1, 0.15) is 68.6 Å². The second-order valence-electron chi connectivity index (χ2n) is 13.0. The molecular formula is C30H39F2N4O7PS. The van der Waals surface area contributed by atoms with Crippen molar-refractivity contribution in [3.05, 3.63) is 34.7 Å². The van der Waals surface area contributed by atoms with Crippen molar-refractivity contribution < 1.29 is 42.3 Å². The average Bonchev–Trinajstić information content (AvgIpc) is 3.68. The van der Waals surface area contributed by atoms with Crippen LogP contribution in [0.2, 0.25) is 0 Å². The number of rotatable bonds is 6. The Morgan fingerprint density at radius 3 is 2.44 bits per heavy atom. The molecule has 15 heteroatoms. The number of fused-ring (bicyclic) bond motifs is 2. The summed E-state index contributed by atoms with van der Waals surface area (Å²) >= 11 is 0.965. The maximum absolute atomic E-state index is 14.3. The third-order valence-electron chi connectivity index (χ3n) is 9.89. The Balaban J connectivity index is 1.39. The lowest BCUT2D eigenvalue weighted by Gasteiger charge is -2.39. The van der Waals surface area contributed by atoms with Crippen LogP contribution in [0.15, 0.2) is 24.3 Å². The smallest absolute Gasteiger partial charge is 0.340 e. The van der Waals surface area contributed by atoms with E-state index in [1.54, 1.807) is 4.90 Å². The third kappa shape index (κ3) is 6.26. The van der Waals surface area contributed by atoms with Gasteiger partial charge in [-0.2, -0.15) is 8.78 Å². The molecule has 0 saturated carbocycles. The van der Waals surface area contributed by atoms with Gasteiger partial charge in [0, 0.05) is 49.4 Å². The van der Waals surface area contributed by atoms with Crippen LogP contribution in [0.4, 0.5) is 8.78 Å². The quantitative estimate of drug-likeness (QED) is 0.398. The van der Waals surface area contributed by atoms with Crippen LogP contribution in [0.3, 0.4) is 0 Å². The van der Waals surface area contributed by atoms with E-state index in [4.69, 9.17) is 9.79 Å². The highest BCUT2D eigenvalue weighted by atomic mass is 32.1. The number of likely N-dealkylation sites (tertiary alicyclic amines) is 1. The molecule has 0 radical (unpaired) electrons. The van der Waals surface area contributed by atoms with Gasteiger partial charge >= 0.3 is 13.3 Å². The summed E-state index contributed by atoms with van der Waals surface area (Å²) in [6, 6.07) is 2.29.